The first-order valence-corrected chi connectivity index (χ1v) is 7.72. The lowest BCUT2D eigenvalue weighted by Crippen LogP contribution is -2.13. The zero-order valence-electron chi connectivity index (χ0n) is 11.0. The maximum absolute atomic E-state index is 10.5. The Morgan fingerprint density at radius 2 is 1.24 bits per heavy atom. The third kappa shape index (κ3) is 12.5. The van der Waals surface area contributed by atoms with Crippen LogP contribution in [-0.2, 0) is 4.79 Å². The van der Waals surface area contributed by atoms with Gasteiger partial charge in [0.2, 0.25) is 0 Å². The lowest BCUT2D eigenvalue weighted by Gasteiger charge is -2.10. The van der Waals surface area contributed by atoms with E-state index in [-0.39, 0.29) is 0 Å². The van der Waals surface area contributed by atoms with Gasteiger partial charge in [0, 0.05) is 0 Å². The number of aldehydes is 1. The number of carbonyl (C=O) groups is 1. The molecule has 0 unspecified atom stereocenters. The summed E-state index contributed by atoms with van der Waals surface area (Å²) in [7, 11) is 0. The van der Waals surface area contributed by atoms with Crippen LogP contribution in [0, 0.1) is 0 Å². The summed E-state index contributed by atoms with van der Waals surface area (Å²) in [4.78, 5) is 10.5. The SMILES string of the molecule is CCCCCCCCCCCCC(Cl)(Cl)C=O. The first kappa shape index (κ1) is 17.2. The second-order valence-electron chi connectivity index (χ2n) is 4.81. The van der Waals surface area contributed by atoms with E-state index in [1.165, 1.54) is 51.4 Å². The molecular weight excluding hydrogens is 255 g/mol. The van der Waals surface area contributed by atoms with Crippen molar-refractivity contribution in [3.8, 4) is 0 Å². The second kappa shape index (κ2) is 11.3. The molecule has 0 aliphatic carbocycles. The Morgan fingerprint density at radius 1 is 0.824 bits per heavy atom. The molecule has 1 nitrogen and oxygen atoms in total. The summed E-state index contributed by atoms with van der Waals surface area (Å²) in [5, 5.41) is 0. The van der Waals surface area contributed by atoms with Gasteiger partial charge in [0.25, 0.3) is 0 Å². The Bertz CT molecular complexity index is 181. The van der Waals surface area contributed by atoms with E-state index in [2.05, 4.69) is 6.92 Å². The Kier molecular flexibility index (Phi) is 11.5. The predicted molar refractivity (Wildman–Crippen MR) is 77.0 cm³/mol. The van der Waals surface area contributed by atoms with E-state index < -0.39 is 4.33 Å². The van der Waals surface area contributed by atoms with Gasteiger partial charge >= 0.3 is 0 Å². The van der Waals surface area contributed by atoms with Gasteiger partial charge in [-0.2, -0.15) is 0 Å². The van der Waals surface area contributed by atoms with Crippen LogP contribution in [0.1, 0.15) is 77.6 Å². The van der Waals surface area contributed by atoms with E-state index in [1.54, 1.807) is 0 Å². The van der Waals surface area contributed by atoms with Crippen LogP contribution < -0.4 is 0 Å². The Labute approximate surface area is 116 Å². The fourth-order valence-corrected chi connectivity index (χ4v) is 2.17. The van der Waals surface area contributed by atoms with Crippen molar-refractivity contribution in [3.63, 3.8) is 0 Å². The molecule has 0 aliphatic heterocycles. The van der Waals surface area contributed by atoms with Gasteiger partial charge in [0.15, 0.2) is 10.6 Å². The van der Waals surface area contributed by atoms with E-state index >= 15 is 0 Å². The fourth-order valence-electron chi connectivity index (χ4n) is 1.91. The van der Waals surface area contributed by atoms with Crippen molar-refractivity contribution < 1.29 is 4.79 Å². The highest BCUT2D eigenvalue weighted by Crippen LogP contribution is 2.25. The van der Waals surface area contributed by atoms with Crippen LogP contribution in [0.15, 0.2) is 0 Å². The average molecular weight is 281 g/mol. The van der Waals surface area contributed by atoms with Gasteiger partial charge in [-0.15, -0.1) is 0 Å². The predicted octanol–water partition coefficient (Wildman–Crippen LogP) is 5.67. The third-order valence-electron chi connectivity index (χ3n) is 3.04. The van der Waals surface area contributed by atoms with Gasteiger partial charge in [-0.05, 0) is 6.42 Å². The number of unbranched alkanes of at least 4 members (excludes halogenated alkanes) is 9. The standard InChI is InChI=1S/C14H26Cl2O/c1-2-3-4-5-6-7-8-9-10-11-12-14(15,16)13-17/h13H,2-12H2,1H3. The molecule has 0 atom stereocenters. The summed E-state index contributed by atoms with van der Waals surface area (Å²) in [6.45, 7) is 2.24. The molecule has 0 saturated heterocycles. The van der Waals surface area contributed by atoms with Gasteiger partial charge in [0.1, 0.15) is 0 Å². The molecular formula is C14H26Cl2O. The molecule has 0 saturated carbocycles. The van der Waals surface area contributed by atoms with Crippen molar-refractivity contribution in [2.24, 2.45) is 0 Å². The molecule has 0 N–H and O–H groups in total. The van der Waals surface area contributed by atoms with Crippen LogP contribution in [0.3, 0.4) is 0 Å². The summed E-state index contributed by atoms with van der Waals surface area (Å²) < 4.78 is -1.15. The van der Waals surface area contributed by atoms with E-state index in [4.69, 9.17) is 23.2 Å². The second-order valence-corrected chi connectivity index (χ2v) is 6.35. The highest BCUT2D eigenvalue weighted by molar-refractivity contribution is 6.55. The smallest absolute Gasteiger partial charge is 0.172 e. The van der Waals surface area contributed by atoms with E-state index in [0.29, 0.717) is 12.7 Å². The summed E-state index contributed by atoms with van der Waals surface area (Å²) in [5.74, 6) is 0. The summed E-state index contributed by atoms with van der Waals surface area (Å²) >= 11 is 11.5. The Balaban J connectivity index is 3.11. The van der Waals surface area contributed by atoms with Crippen molar-refractivity contribution in [2.75, 3.05) is 0 Å². The minimum Gasteiger partial charge on any atom is -0.300 e. The highest BCUT2D eigenvalue weighted by Gasteiger charge is 2.21. The molecule has 0 aliphatic rings. The molecule has 0 bridgehead atoms. The van der Waals surface area contributed by atoms with E-state index in [0.717, 1.165) is 12.8 Å². The van der Waals surface area contributed by atoms with Crippen LogP contribution in [0.5, 0.6) is 0 Å². The van der Waals surface area contributed by atoms with E-state index in [9.17, 15) is 4.79 Å². The number of halogens is 2. The normalized spacial score (nSPS) is 11.7. The molecule has 0 spiro atoms. The molecule has 0 rings (SSSR count). The largest absolute Gasteiger partial charge is 0.300 e. The maximum Gasteiger partial charge on any atom is 0.172 e. The highest BCUT2D eigenvalue weighted by atomic mass is 35.5. The molecule has 0 aromatic rings. The molecule has 0 fully saturated rings. The zero-order chi connectivity index (χ0) is 13.0. The Morgan fingerprint density at radius 3 is 1.65 bits per heavy atom. The number of hydrogen-bond acceptors (Lipinski definition) is 1. The van der Waals surface area contributed by atoms with Crippen LogP contribution in [0.25, 0.3) is 0 Å². The molecule has 102 valence electrons. The molecule has 0 aromatic carbocycles. The molecule has 3 heteroatoms. The zero-order valence-corrected chi connectivity index (χ0v) is 12.5. The minimum atomic E-state index is -1.15. The third-order valence-corrected chi connectivity index (χ3v) is 3.59. The quantitative estimate of drug-likeness (QED) is 0.256. The van der Waals surface area contributed by atoms with Crippen LogP contribution in [-0.4, -0.2) is 10.6 Å². The lowest BCUT2D eigenvalue weighted by atomic mass is 10.1. The van der Waals surface area contributed by atoms with Crippen LogP contribution in [0.2, 0.25) is 0 Å². The maximum atomic E-state index is 10.5. The minimum absolute atomic E-state index is 0.579. The monoisotopic (exact) mass is 280 g/mol. The number of hydrogen-bond donors (Lipinski definition) is 0. The first-order chi connectivity index (χ1) is 8.12. The van der Waals surface area contributed by atoms with Crippen molar-refractivity contribution in [1.29, 1.82) is 0 Å². The number of alkyl halides is 2. The molecule has 0 radical (unpaired) electrons. The number of rotatable bonds is 12. The molecule has 0 amide bonds. The van der Waals surface area contributed by atoms with Crippen LogP contribution >= 0.6 is 23.2 Å². The van der Waals surface area contributed by atoms with Gasteiger partial charge in [-0.3, -0.25) is 0 Å². The van der Waals surface area contributed by atoms with E-state index in [1.807, 2.05) is 0 Å². The number of carbonyl (C=O) groups excluding carboxylic acids is 1. The summed E-state index contributed by atoms with van der Waals surface area (Å²) in [6.07, 6.45) is 14.0. The summed E-state index contributed by atoms with van der Waals surface area (Å²) in [6, 6.07) is 0. The lowest BCUT2D eigenvalue weighted by molar-refractivity contribution is -0.108. The van der Waals surface area contributed by atoms with Crippen molar-refractivity contribution >= 4 is 29.5 Å². The van der Waals surface area contributed by atoms with Crippen molar-refractivity contribution in [2.45, 2.75) is 81.9 Å². The van der Waals surface area contributed by atoms with Crippen molar-refractivity contribution in [3.05, 3.63) is 0 Å². The fraction of sp³-hybridized carbons (Fsp3) is 0.929. The molecule has 0 aromatic heterocycles. The van der Waals surface area contributed by atoms with Gasteiger partial charge in [-0.25, -0.2) is 0 Å². The van der Waals surface area contributed by atoms with Crippen LogP contribution in [0.4, 0.5) is 0 Å². The van der Waals surface area contributed by atoms with Crippen molar-refractivity contribution in [1.82, 2.24) is 0 Å². The molecule has 17 heavy (non-hydrogen) atoms. The Hall–Kier alpha value is 0.250. The first-order valence-electron chi connectivity index (χ1n) is 6.96. The summed E-state index contributed by atoms with van der Waals surface area (Å²) in [5.41, 5.74) is 0. The average Bonchev–Trinajstić information content (AvgIpc) is 2.31. The molecule has 0 heterocycles. The topological polar surface area (TPSA) is 17.1 Å². The van der Waals surface area contributed by atoms with Gasteiger partial charge < -0.3 is 4.79 Å². The van der Waals surface area contributed by atoms with Gasteiger partial charge in [0.05, 0.1) is 0 Å². The van der Waals surface area contributed by atoms with Gasteiger partial charge in [-0.1, -0.05) is 94.3 Å².